The van der Waals surface area contributed by atoms with Crippen molar-refractivity contribution in [3.63, 3.8) is 0 Å². The van der Waals surface area contributed by atoms with Gasteiger partial charge in [-0.05, 0) is 55.8 Å². The van der Waals surface area contributed by atoms with Crippen LogP contribution in [0.2, 0.25) is 0 Å². The van der Waals surface area contributed by atoms with Crippen molar-refractivity contribution in [2.24, 2.45) is 5.16 Å². The lowest BCUT2D eigenvalue weighted by Gasteiger charge is -2.11. The zero-order chi connectivity index (χ0) is 22.7. The summed E-state index contributed by atoms with van der Waals surface area (Å²) in [5.74, 6) is 0.447. The zero-order valence-corrected chi connectivity index (χ0v) is 18.0. The van der Waals surface area contributed by atoms with Crippen LogP contribution in [0.4, 0.5) is 10.1 Å². The predicted octanol–water partition coefficient (Wildman–Crippen LogP) is 3.82. The minimum Gasteiger partial charge on any atom is -0.497 e. The Morgan fingerprint density at radius 3 is 2.72 bits per heavy atom. The number of rotatable bonds is 7. The Hall–Kier alpha value is -3.88. The minimum atomic E-state index is -0.738. The highest BCUT2D eigenvalue weighted by Gasteiger charge is 2.30. The number of carbonyl (C=O) groups excluding carboxylic acids is 1. The van der Waals surface area contributed by atoms with Gasteiger partial charge in [0.2, 0.25) is 6.10 Å². The molecule has 0 saturated heterocycles. The molecule has 0 saturated carbocycles. The number of methoxy groups -OCH3 is 1. The number of oxime groups is 1. The molecule has 1 amide bonds. The Kier molecular flexibility index (Phi) is 6.07. The van der Waals surface area contributed by atoms with Gasteiger partial charge in [0.05, 0.1) is 29.9 Å². The smallest absolute Gasteiger partial charge is 0.268 e. The zero-order valence-electron chi connectivity index (χ0n) is 18.0. The third kappa shape index (κ3) is 4.56. The molecule has 0 bridgehead atoms. The molecule has 2 heterocycles. The van der Waals surface area contributed by atoms with E-state index in [1.165, 1.54) is 12.1 Å². The van der Waals surface area contributed by atoms with Crippen LogP contribution in [0.5, 0.6) is 11.5 Å². The standard InChI is InChI=1S/C23H23FN4O4/c1-14-22(15(2)28(26-14)13-31-19-6-4-5-17(24)11-19)25-23(29)21-12-20(27-32-21)16-7-9-18(30-3)10-8-16/h4-11,21H,12-13H2,1-3H3,(H,25,29). The number of hydrogen-bond acceptors (Lipinski definition) is 6. The first-order valence-electron chi connectivity index (χ1n) is 10.0. The van der Waals surface area contributed by atoms with Crippen molar-refractivity contribution in [3.05, 3.63) is 71.3 Å². The van der Waals surface area contributed by atoms with Gasteiger partial charge in [0, 0.05) is 12.5 Å². The van der Waals surface area contributed by atoms with E-state index in [1.54, 1.807) is 30.8 Å². The van der Waals surface area contributed by atoms with Crippen molar-refractivity contribution in [2.75, 3.05) is 12.4 Å². The fraction of sp³-hybridized carbons (Fsp3) is 0.261. The van der Waals surface area contributed by atoms with Gasteiger partial charge in [0.15, 0.2) is 6.73 Å². The molecule has 0 radical (unpaired) electrons. The molecular weight excluding hydrogens is 415 g/mol. The summed E-state index contributed by atoms with van der Waals surface area (Å²) in [4.78, 5) is 18.2. The molecule has 1 aliphatic heterocycles. The molecule has 166 valence electrons. The highest BCUT2D eigenvalue weighted by atomic mass is 19.1. The van der Waals surface area contributed by atoms with Crippen molar-refractivity contribution < 1.29 is 23.5 Å². The highest BCUT2D eigenvalue weighted by molar-refractivity contribution is 6.06. The third-order valence-electron chi connectivity index (χ3n) is 5.16. The molecule has 3 aromatic rings. The van der Waals surface area contributed by atoms with Crippen LogP contribution in [-0.2, 0) is 16.4 Å². The summed E-state index contributed by atoms with van der Waals surface area (Å²) in [5, 5.41) is 11.4. The number of nitrogens with zero attached hydrogens (tertiary/aromatic N) is 3. The first-order chi connectivity index (χ1) is 15.4. The van der Waals surface area contributed by atoms with E-state index in [2.05, 4.69) is 15.6 Å². The number of nitrogens with one attached hydrogen (secondary N) is 1. The molecule has 0 fully saturated rings. The van der Waals surface area contributed by atoms with Crippen LogP contribution >= 0.6 is 0 Å². The van der Waals surface area contributed by atoms with E-state index in [9.17, 15) is 9.18 Å². The largest absolute Gasteiger partial charge is 0.497 e. The fourth-order valence-corrected chi connectivity index (χ4v) is 3.37. The Balaban J connectivity index is 1.38. The van der Waals surface area contributed by atoms with Crippen molar-refractivity contribution >= 4 is 17.3 Å². The molecular formula is C23H23FN4O4. The van der Waals surface area contributed by atoms with E-state index in [4.69, 9.17) is 14.3 Å². The van der Waals surface area contributed by atoms with Crippen LogP contribution in [0, 0.1) is 19.7 Å². The molecule has 1 aliphatic rings. The van der Waals surface area contributed by atoms with Crippen molar-refractivity contribution in [1.29, 1.82) is 0 Å². The summed E-state index contributed by atoms with van der Waals surface area (Å²) >= 11 is 0. The van der Waals surface area contributed by atoms with E-state index in [1.807, 2.05) is 31.2 Å². The molecule has 1 atom stereocenters. The Morgan fingerprint density at radius 2 is 2.00 bits per heavy atom. The SMILES string of the molecule is COc1ccc(C2=NOC(C(=O)Nc3c(C)nn(COc4cccc(F)c4)c3C)C2)cc1. The summed E-state index contributed by atoms with van der Waals surface area (Å²) in [6.07, 6.45) is -0.384. The van der Waals surface area contributed by atoms with Gasteiger partial charge in [-0.25, -0.2) is 9.07 Å². The molecule has 0 aliphatic carbocycles. The molecule has 0 spiro atoms. The number of aromatic nitrogens is 2. The normalized spacial score (nSPS) is 15.1. The number of aryl methyl sites for hydroxylation is 1. The summed E-state index contributed by atoms with van der Waals surface area (Å²) in [6, 6.07) is 13.3. The fourth-order valence-electron chi connectivity index (χ4n) is 3.37. The second-order valence-electron chi connectivity index (χ2n) is 7.33. The number of carbonyl (C=O) groups is 1. The Morgan fingerprint density at radius 1 is 1.22 bits per heavy atom. The highest BCUT2D eigenvalue weighted by Crippen LogP contribution is 2.24. The van der Waals surface area contributed by atoms with Gasteiger partial charge >= 0.3 is 0 Å². The Bertz CT molecular complexity index is 1160. The number of halogens is 1. The van der Waals surface area contributed by atoms with Gasteiger partial charge in [-0.1, -0.05) is 11.2 Å². The van der Waals surface area contributed by atoms with Crippen LogP contribution in [0.25, 0.3) is 0 Å². The lowest BCUT2D eigenvalue weighted by atomic mass is 10.0. The van der Waals surface area contributed by atoms with E-state index in [-0.39, 0.29) is 18.5 Å². The average Bonchev–Trinajstić information content (AvgIpc) is 3.39. The molecule has 9 heteroatoms. The second-order valence-corrected chi connectivity index (χ2v) is 7.33. The first kappa shape index (κ1) is 21.4. The number of hydrogen-bond donors (Lipinski definition) is 1. The lowest BCUT2D eigenvalue weighted by Crippen LogP contribution is -2.28. The van der Waals surface area contributed by atoms with Crippen LogP contribution < -0.4 is 14.8 Å². The van der Waals surface area contributed by atoms with Crippen molar-refractivity contribution in [1.82, 2.24) is 9.78 Å². The maximum Gasteiger partial charge on any atom is 0.268 e. The molecule has 8 nitrogen and oxygen atoms in total. The number of ether oxygens (including phenoxy) is 2. The molecule has 32 heavy (non-hydrogen) atoms. The second kappa shape index (κ2) is 9.09. The maximum absolute atomic E-state index is 13.3. The van der Waals surface area contributed by atoms with Gasteiger partial charge in [-0.15, -0.1) is 0 Å². The first-order valence-corrected chi connectivity index (χ1v) is 10.0. The minimum absolute atomic E-state index is 0.0800. The van der Waals surface area contributed by atoms with Gasteiger partial charge < -0.3 is 19.6 Å². The molecule has 4 rings (SSSR count). The third-order valence-corrected chi connectivity index (χ3v) is 5.16. The van der Waals surface area contributed by atoms with Gasteiger partial charge in [-0.2, -0.15) is 5.10 Å². The van der Waals surface area contributed by atoms with Crippen LogP contribution in [-0.4, -0.2) is 34.6 Å². The summed E-state index contributed by atoms with van der Waals surface area (Å²) < 4.78 is 25.7. The monoisotopic (exact) mass is 438 g/mol. The molecule has 1 N–H and O–H groups in total. The number of anilines is 1. The lowest BCUT2D eigenvalue weighted by molar-refractivity contribution is -0.125. The van der Waals surface area contributed by atoms with E-state index in [0.717, 1.165) is 11.3 Å². The van der Waals surface area contributed by atoms with Gasteiger partial charge in [0.25, 0.3) is 5.91 Å². The Labute approximate surface area is 184 Å². The van der Waals surface area contributed by atoms with E-state index >= 15 is 0 Å². The summed E-state index contributed by atoms with van der Waals surface area (Å²) in [7, 11) is 1.60. The van der Waals surface area contributed by atoms with Crippen LogP contribution in [0.1, 0.15) is 23.4 Å². The van der Waals surface area contributed by atoms with Crippen LogP contribution in [0.3, 0.4) is 0 Å². The summed E-state index contributed by atoms with van der Waals surface area (Å²) in [5.41, 5.74) is 3.49. The molecule has 1 unspecified atom stereocenters. The maximum atomic E-state index is 13.3. The van der Waals surface area contributed by atoms with Gasteiger partial charge in [0.1, 0.15) is 17.3 Å². The topological polar surface area (TPSA) is 87.0 Å². The van der Waals surface area contributed by atoms with E-state index < -0.39 is 6.10 Å². The average molecular weight is 438 g/mol. The predicted molar refractivity (Wildman–Crippen MR) is 116 cm³/mol. The van der Waals surface area contributed by atoms with E-state index in [0.29, 0.717) is 35.0 Å². The van der Waals surface area contributed by atoms with Crippen molar-refractivity contribution in [3.8, 4) is 11.5 Å². The molecule has 1 aromatic heterocycles. The number of benzene rings is 2. The quantitative estimate of drug-likeness (QED) is 0.606. The van der Waals surface area contributed by atoms with Crippen LogP contribution in [0.15, 0.2) is 53.7 Å². The van der Waals surface area contributed by atoms with Crippen molar-refractivity contribution in [2.45, 2.75) is 33.1 Å². The molecule has 2 aromatic carbocycles. The summed E-state index contributed by atoms with van der Waals surface area (Å²) in [6.45, 7) is 3.69. The number of amides is 1. The van der Waals surface area contributed by atoms with Gasteiger partial charge in [-0.3, -0.25) is 4.79 Å².